The number of carbonyl (C=O) groups is 1. The summed E-state index contributed by atoms with van der Waals surface area (Å²) >= 11 is 0. The maximum absolute atomic E-state index is 12.6. The standard InChI is InChI=1S/C39H58O6/c1-8-10-11-14-28-17-20-32(29(9-2)23-28)37-24-30-18-19-31(25-36(30)45-37)43-21-12-15-34(40)35(41)16-13-22-44-38(42)33(27(3)4)26-39(5,6)7/h17-20,23-25,27,33-35,40-41H,8-16,21-22,26H2,1-7H3. The molecule has 0 saturated heterocycles. The lowest BCUT2D eigenvalue weighted by atomic mass is 9.80. The Morgan fingerprint density at radius 3 is 2.24 bits per heavy atom. The highest BCUT2D eigenvalue weighted by Gasteiger charge is 2.29. The third-order valence-electron chi connectivity index (χ3n) is 8.56. The maximum atomic E-state index is 12.6. The monoisotopic (exact) mass is 622 g/mol. The van der Waals surface area contributed by atoms with Crippen LogP contribution in [0.3, 0.4) is 0 Å². The van der Waals surface area contributed by atoms with E-state index in [4.69, 9.17) is 13.9 Å². The molecule has 6 nitrogen and oxygen atoms in total. The molecule has 6 heteroatoms. The fourth-order valence-electron chi connectivity index (χ4n) is 5.84. The van der Waals surface area contributed by atoms with Gasteiger partial charge in [-0.1, -0.05) is 79.5 Å². The van der Waals surface area contributed by atoms with Crippen LogP contribution in [-0.4, -0.2) is 41.6 Å². The van der Waals surface area contributed by atoms with Gasteiger partial charge in [-0.25, -0.2) is 0 Å². The van der Waals surface area contributed by atoms with Crippen LogP contribution < -0.4 is 4.74 Å². The number of aliphatic hydroxyl groups is 2. The van der Waals surface area contributed by atoms with Crippen LogP contribution in [0.15, 0.2) is 46.9 Å². The summed E-state index contributed by atoms with van der Waals surface area (Å²) in [6, 6.07) is 14.7. The SMILES string of the molecule is CCCCCc1ccc(-c2cc3ccc(OCCCC(O)C(O)CCCOC(=O)C(CC(C)(C)C)C(C)C)cc3o2)c(CC)c1. The highest BCUT2D eigenvalue weighted by atomic mass is 16.5. The van der Waals surface area contributed by atoms with Crippen molar-refractivity contribution in [2.24, 2.45) is 17.3 Å². The number of aryl methyl sites for hydroxylation is 2. The molecule has 0 amide bonds. The molecule has 1 aromatic heterocycles. The summed E-state index contributed by atoms with van der Waals surface area (Å²) in [5.41, 5.74) is 4.66. The van der Waals surface area contributed by atoms with Crippen molar-refractivity contribution in [3.8, 4) is 17.1 Å². The molecule has 0 fully saturated rings. The van der Waals surface area contributed by atoms with Crippen LogP contribution in [0.2, 0.25) is 0 Å². The zero-order valence-corrected chi connectivity index (χ0v) is 28.9. The van der Waals surface area contributed by atoms with Crippen molar-refractivity contribution in [1.82, 2.24) is 0 Å². The van der Waals surface area contributed by atoms with E-state index in [9.17, 15) is 15.0 Å². The molecule has 0 bridgehead atoms. The number of carbonyl (C=O) groups excluding carboxylic acids is 1. The van der Waals surface area contributed by atoms with E-state index in [0.717, 1.165) is 41.6 Å². The second-order valence-electron chi connectivity index (χ2n) is 14.2. The third kappa shape index (κ3) is 11.8. The second-order valence-corrected chi connectivity index (χ2v) is 14.2. The summed E-state index contributed by atoms with van der Waals surface area (Å²) in [6.45, 7) is 15.6. The first-order chi connectivity index (χ1) is 21.4. The molecular formula is C39H58O6. The van der Waals surface area contributed by atoms with Gasteiger partial charge in [0, 0.05) is 17.0 Å². The zero-order valence-electron chi connectivity index (χ0n) is 28.9. The van der Waals surface area contributed by atoms with E-state index < -0.39 is 12.2 Å². The summed E-state index contributed by atoms with van der Waals surface area (Å²) in [4.78, 5) is 12.6. The van der Waals surface area contributed by atoms with Gasteiger partial charge >= 0.3 is 5.97 Å². The molecule has 0 aliphatic carbocycles. The van der Waals surface area contributed by atoms with Gasteiger partial charge in [0.1, 0.15) is 17.1 Å². The Labute approximate surface area is 271 Å². The van der Waals surface area contributed by atoms with Gasteiger partial charge in [-0.2, -0.15) is 0 Å². The molecule has 0 saturated carbocycles. The van der Waals surface area contributed by atoms with Gasteiger partial charge in [-0.05, 0) is 92.0 Å². The van der Waals surface area contributed by atoms with Crippen molar-refractivity contribution in [3.05, 3.63) is 53.6 Å². The average molecular weight is 623 g/mol. The van der Waals surface area contributed by atoms with Crippen molar-refractivity contribution >= 4 is 16.9 Å². The molecule has 0 spiro atoms. The number of aliphatic hydroxyl groups excluding tert-OH is 2. The molecule has 2 aromatic carbocycles. The Morgan fingerprint density at radius 1 is 0.889 bits per heavy atom. The molecule has 3 aromatic rings. The third-order valence-corrected chi connectivity index (χ3v) is 8.56. The summed E-state index contributed by atoms with van der Waals surface area (Å²) in [6.07, 6.45) is 6.74. The quantitative estimate of drug-likeness (QED) is 0.102. The fraction of sp³-hybridized carbons (Fsp3) is 0.615. The minimum Gasteiger partial charge on any atom is -0.493 e. The van der Waals surface area contributed by atoms with E-state index in [1.165, 1.54) is 30.4 Å². The lowest BCUT2D eigenvalue weighted by Crippen LogP contribution is -2.29. The van der Waals surface area contributed by atoms with Crippen molar-refractivity contribution in [1.29, 1.82) is 0 Å². The Morgan fingerprint density at radius 2 is 1.60 bits per heavy atom. The predicted octanol–water partition coefficient (Wildman–Crippen LogP) is 9.31. The Balaban J connectivity index is 1.43. The second kappa shape index (κ2) is 17.8. The molecule has 3 atom stereocenters. The summed E-state index contributed by atoms with van der Waals surface area (Å²) in [7, 11) is 0. The molecular weight excluding hydrogens is 564 g/mol. The number of hydrogen-bond donors (Lipinski definition) is 2. The van der Waals surface area contributed by atoms with Crippen LogP contribution in [0, 0.1) is 17.3 Å². The van der Waals surface area contributed by atoms with Crippen LogP contribution in [0.1, 0.15) is 111 Å². The number of rotatable bonds is 19. The minimum absolute atomic E-state index is 0.0479. The van der Waals surface area contributed by atoms with Crippen LogP contribution in [0.25, 0.3) is 22.3 Å². The van der Waals surface area contributed by atoms with E-state index in [-0.39, 0.29) is 29.8 Å². The van der Waals surface area contributed by atoms with Gasteiger partial charge in [0.15, 0.2) is 0 Å². The van der Waals surface area contributed by atoms with Crippen molar-refractivity contribution in [3.63, 3.8) is 0 Å². The molecule has 250 valence electrons. The first-order valence-corrected chi connectivity index (χ1v) is 17.2. The first-order valence-electron chi connectivity index (χ1n) is 17.2. The minimum atomic E-state index is -0.865. The van der Waals surface area contributed by atoms with E-state index in [1.54, 1.807) is 0 Å². The number of unbranched alkanes of at least 4 members (excludes halogenated alkanes) is 2. The highest BCUT2D eigenvalue weighted by Crippen LogP contribution is 2.33. The summed E-state index contributed by atoms with van der Waals surface area (Å²) in [5.74, 6) is 1.49. The van der Waals surface area contributed by atoms with E-state index >= 15 is 0 Å². The summed E-state index contributed by atoms with van der Waals surface area (Å²) in [5, 5.41) is 21.9. The first kappa shape index (κ1) is 36.6. The smallest absolute Gasteiger partial charge is 0.309 e. The Hall–Kier alpha value is -2.83. The van der Waals surface area contributed by atoms with E-state index in [2.05, 4.69) is 58.9 Å². The van der Waals surface area contributed by atoms with Gasteiger partial charge in [-0.3, -0.25) is 4.79 Å². The highest BCUT2D eigenvalue weighted by molar-refractivity contribution is 5.84. The number of ether oxygens (including phenoxy) is 2. The van der Waals surface area contributed by atoms with Crippen LogP contribution in [-0.2, 0) is 22.4 Å². The van der Waals surface area contributed by atoms with Gasteiger partial charge in [0.2, 0.25) is 0 Å². The summed E-state index contributed by atoms with van der Waals surface area (Å²) < 4.78 is 17.8. The zero-order chi connectivity index (χ0) is 33.0. The van der Waals surface area contributed by atoms with Crippen molar-refractivity contribution < 1.29 is 28.9 Å². The lowest BCUT2D eigenvalue weighted by molar-refractivity contribution is -0.151. The number of benzene rings is 2. The van der Waals surface area contributed by atoms with Crippen molar-refractivity contribution in [2.45, 2.75) is 125 Å². The number of esters is 1. The molecule has 2 N–H and O–H groups in total. The molecule has 45 heavy (non-hydrogen) atoms. The normalized spacial score (nSPS) is 14.1. The van der Waals surface area contributed by atoms with Crippen LogP contribution in [0.4, 0.5) is 0 Å². The molecule has 1 heterocycles. The van der Waals surface area contributed by atoms with Crippen LogP contribution >= 0.6 is 0 Å². The fourth-order valence-corrected chi connectivity index (χ4v) is 5.84. The molecule has 3 rings (SSSR count). The van der Waals surface area contributed by atoms with E-state index in [0.29, 0.717) is 38.0 Å². The number of hydrogen-bond acceptors (Lipinski definition) is 6. The Kier molecular flexibility index (Phi) is 14.5. The van der Waals surface area contributed by atoms with Gasteiger partial charge in [0.05, 0.1) is 31.3 Å². The predicted molar refractivity (Wildman–Crippen MR) is 184 cm³/mol. The number of fused-ring (bicyclic) bond motifs is 1. The van der Waals surface area contributed by atoms with Crippen LogP contribution in [0.5, 0.6) is 5.75 Å². The number of furan rings is 1. The van der Waals surface area contributed by atoms with E-state index in [1.807, 2.05) is 32.0 Å². The molecule has 0 aliphatic rings. The maximum Gasteiger partial charge on any atom is 0.309 e. The average Bonchev–Trinajstić information content (AvgIpc) is 3.42. The molecule has 3 unspecified atom stereocenters. The largest absolute Gasteiger partial charge is 0.493 e. The van der Waals surface area contributed by atoms with Crippen molar-refractivity contribution in [2.75, 3.05) is 13.2 Å². The molecule has 0 aliphatic heterocycles. The topological polar surface area (TPSA) is 89.1 Å². The Bertz CT molecular complexity index is 1320. The lowest BCUT2D eigenvalue weighted by Gasteiger charge is -2.27. The van der Waals surface area contributed by atoms with Gasteiger partial charge in [0.25, 0.3) is 0 Å². The molecule has 0 radical (unpaired) electrons. The van der Waals surface area contributed by atoms with Gasteiger partial charge < -0.3 is 24.1 Å². The van der Waals surface area contributed by atoms with Gasteiger partial charge in [-0.15, -0.1) is 0 Å².